The summed E-state index contributed by atoms with van der Waals surface area (Å²) in [6, 6.07) is -0.147. The third-order valence-corrected chi connectivity index (χ3v) is 1.01. The highest BCUT2D eigenvalue weighted by molar-refractivity contribution is 5.06. The van der Waals surface area contributed by atoms with Crippen molar-refractivity contribution < 1.29 is 5.11 Å². The molecule has 0 aromatic carbocycles. The Balaban J connectivity index is 2.85. The van der Waals surface area contributed by atoms with E-state index in [1.54, 1.807) is 6.92 Å². The quantitative estimate of drug-likeness (QED) is 0.502. The summed E-state index contributed by atoms with van der Waals surface area (Å²) in [5.41, 5.74) is 5.42. The van der Waals surface area contributed by atoms with Gasteiger partial charge in [-0.1, -0.05) is 0 Å². The molecule has 1 atom stereocenters. The number of aromatic nitrogens is 2. The zero-order valence-corrected chi connectivity index (χ0v) is 5.13. The van der Waals surface area contributed by atoms with Crippen molar-refractivity contribution in [1.82, 2.24) is 9.97 Å². The SMILES string of the molecule is CC(N)c1ncc(O)[nH]1. The zero-order valence-electron chi connectivity index (χ0n) is 5.13. The van der Waals surface area contributed by atoms with E-state index < -0.39 is 0 Å². The Hall–Kier alpha value is -1.03. The summed E-state index contributed by atoms with van der Waals surface area (Å²) < 4.78 is 0. The Morgan fingerprint density at radius 2 is 2.56 bits per heavy atom. The van der Waals surface area contributed by atoms with Crippen LogP contribution < -0.4 is 5.73 Å². The van der Waals surface area contributed by atoms with E-state index in [4.69, 9.17) is 10.8 Å². The van der Waals surface area contributed by atoms with Crippen LogP contribution in [0.25, 0.3) is 0 Å². The molecular weight excluding hydrogens is 118 g/mol. The van der Waals surface area contributed by atoms with Gasteiger partial charge in [0.15, 0.2) is 0 Å². The van der Waals surface area contributed by atoms with Crippen molar-refractivity contribution in [2.75, 3.05) is 0 Å². The van der Waals surface area contributed by atoms with E-state index in [0.29, 0.717) is 5.82 Å². The minimum atomic E-state index is -0.147. The van der Waals surface area contributed by atoms with Gasteiger partial charge in [-0.15, -0.1) is 0 Å². The summed E-state index contributed by atoms with van der Waals surface area (Å²) in [5, 5.41) is 8.73. The molecule has 4 heteroatoms. The molecule has 4 N–H and O–H groups in total. The van der Waals surface area contributed by atoms with Crippen LogP contribution in [0, 0.1) is 0 Å². The molecule has 0 saturated carbocycles. The van der Waals surface area contributed by atoms with Gasteiger partial charge in [-0.05, 0) is 6.92 Å². The Morgan fingerprint density at radius 3 is 2.78 bits per heavy atom. The van der Waals surface area contributed by atoms with Gasteiger partial charge in [0.2, 0.25) is 5.88 Å². The normalized spacial score (nSPS) is 13.6. The Morgan fingerprint density at radius 1 is 1.89 bits per heavy atom. The number of hydrogen-bond donors (Lipinski definition) is 3. The number of aromatic hydroxyl groups is 1. The van der Waals surface area contributed by atoms with E-state index in [9.17, 15) is 0 Å². The van der Waals surface area contributed by atoms with Gasteiger partial charge in [-0.25, -0.2) is 4.98 Å². The number of nitrogens with two attached hydrogens (primary N) is 1. The van der Waals surface area contributed by atoms with Crippen molar-refractivity contribution in [3.8, 4) is 5.88 Å². The molecule has 0 aliphatic carbocycles. The molecule has 0 aliphatic heterocycles. The van der Waals surface area contributed by atoms with Crippen LogP contribution in [0.3, 0.4) is 0 Å². The summed E-state index contributed by atoms with van der Waals surface area (Å²) in [4.78, 5) is 6.38. The summed E-state index contributed by atoms with van der Waals surface area (Å²) in [6.07, 6.45) is 1.33. The van der Waals surface area contributed by atoms with Crippen LogP contribution in [0.5, 0.6) is 5.88 Å². The van der Waals surface area contributed by atoms with Crippen molar-refractivity contribution >= 4 is 0 Å². The van der Waals surface area contributed by atoms with E-state index in [0.717, 1.165) is 0 Å². The molecule has 1 aromatic rings. The predicted octanol–water partition coefficient (Wildman–Crippen LogP) is 0.135. The van der Waals surface area contributed by atoms with Crippen LogP contribution in [0.15, 0.2) is 6.20 Å². The molecule has 1 unspecified atom stereocenters. The van der Waals surface area contributed by atoms with Gasteiger partial charge >= 0.3 is 0 Å². The number of H-pyrrole nitrogens is 1. The van der Waals surface area contributed by atoms with Crippen molar-refractivity contribution in [3.05, 3.63) is 12.0 Å². The average Bonchev–Trinajstić information content (AvgIpc) is 2.14. The summed E-state index contributed by atoms with van der Waals surface area (Å²) in [7, 11) is 0. The highest BCUT2D eigenvalue weighted by Crippen LogP contribution is 2.07. The molecule has 1 aromatic heterocycles. The molecule has 9 heavy (non-hydrogen) atoms. The molecule has 1 heterocycles. The predicted molar refractivity (Wildman–Crippen MR) is 32.9 cm³/mol. The van der Waals surface area contributed by atoms with Crippen LogP contribution in [0.2, 0.25) is 0 Å². The van der Waals surface area contributed by atoms with Crippen molar-refractivity contribution in [3.63, 3.8) is 0 Å². The average molecular weight is 127 g/mol. The second-order valence-corrected chi connectivity index (χ2v) is 1.94. The number of imidazole rings is 1. The second kappa shape index (κ2) is 2.06. The number of rotatable bonds is 1. The molecule has 0 amide bonds. The maximum Gasteiger partial charge on any atom is 0.208 e. The lowest BCUT2D eigenvalue weighted by molar-refractivity contribution is 0.454. The van der Waals surface area contributed by atoms with E-state index in [2.05, 4.69) is 9.97 Å². The topological polar surface area (TPSA) is 74.9 Å². The van der Waals surface area contributed by atoms with Crippen LogP contribution in [-0.4, -0.2) is 15.1 Å². The Bertz CT molecular complexity index is 194. The lowest BCUT2D eigenvalue weighted by Crippen LogP contribution is -2.06. The first-order valence-corrected chi connectivity index (χ1v) is 2.69. The molecule has 0 aliphatic rings. The first-order valence-electron chi connectivity index (χ1n) is 2.69. The van der Waals surface area contributed by atoms with Crippen molar-refractivity contribution in [1.29, 1.82) is 0 Å². The van der Waals surface area contributed by atoms with Gasteiger partial charge in [0, 0.05) is 0 Å². The smallest absolute Gasteiger partial charge is 0.208 e. The third-order valence-electron chi connectivity index (χ3n) is 1.01. The minimum Gasteiger partial charge on any atom is -0.493 e. The lowest BCUT2D eigenvalue weighted by atomic mass is 10.3. The fourth-order valence-corrected chi connectivity index (χ4v) is 0.558. The molecule has 0 bridgehead atoms. The molecule has 4 nitrogen and oxygen atoms in total. The van der Waals surface area contributed by atoms with E-state index in [1.165, 1.54) is 6.20 Å². The molecule has 0 saturated heterocycles. The summed E-state index contributed by atoms with van der Waals surface area (Å²) >= 11 is 0. The van der Waals surface area contributed by atoms with Gasteiger partial charge in [0.25, 0.3) is 0 Å². The monoisotopic (exact) mass is 127 g/mol. The number of hydrogen-bond acceptors (Lipinski definition) is 3. The van der Waals surface area contributed by atoms with Gasteiger partial charge in [0.1, 0.15) is 5.82 Å². The van der Waals surface area contributed by atoms with E-state index >= 15 is 0 Å². The van der Waals surface area contributed by atoms with Crippen LogP contribution in [0.4, 0.5) is 0 Å². The van der Waals surface area contributed by atoms with Crippen LogP contribution >= 0.6 is 0 Å². The van der Waals surface area contributed by atoms with Gasteiger partial charge in [-0.2, -0.15) is 0 Å². The largest absolute Gasteiger partial charge is 0.493 e. The third kappa shape index (κ3) is 1.20. The lowest BCUT2D eigenvalue weighted by Gasteiger charge is -1.96. The zero-order chi connectivity index (χ0) is 6.85. The second-order valence-electron chi connectivity index (χ2n) is 1.94. The molecule has 1 rings (SSSR count). The number of nitrogens with zero attached hydrogens (tertiary/aromatic N) is 1. The maximum atomic E-state index is 8.73. The Kier molecular flexibility index (Phi) is 1.40. The Labute approximate surface area is 52.7 Å². The fourth-order valence-electron chi connectivity index (χ4n) is 0.558. The van der Waals surface area contributed by atoms with Crippen molar-refractivity contribution in [2.45, 2.75) is 13.0 Å². The van der Waals surface area contributed by atoms with Crippen molar-refractivity contribution in [2.24, 2.45) is 5.73 Å². The maximum absolute atomic E-state index is 8.73. The number of nitrogens with one attached hydrogen (secondary N) is 1. The standard InChI is InChI=1S/C5H9N3O/c1-3(6)5-7-2-4(9)8-5/h2-3,9H,6H2,1H3,(H,7,8). The molecule has 0 radical (unpaired) electrons. The summed E-state index contributed by atoms with van der Waals surface area (Å²) in [6.45, 7) is 1.79. The van der Waals surface area contributed by atoms with Gasteiger partial charge in [-0.3, -0.25) is 0 Å². The van der Waals surface area contributed by atoms with Gasteiger partial charge in [0.05, 0.1) is 12.2 Å². The van der Waals surface area contributed by atoms with E-state index in [-0.39, 0.29) is 11.9 Å². The molecule has 0 fully saturated rings. The molecule has 0 spiro atoms. The van der Waals surface area contributed by atoms with Crippen LogP contribution in [0.1, 0.15) is 18.8 Å². The first kappa shape index (κ1) is 6.10. The first-order chi connectivity index (χ1) is 4.20. The highest BCUT2D eigenvalue weighted by atomic mass is 16.3. The van der Waals surface area contributed by atoms with Gasteiger partial charge < -0.3 is 15.8 Å². The fraction of sp³-hybridized carbons (Fsp3) is 0.400. The molecular formula is C5H9N3O. The van der Waals surface area contributed by atoms with E-state index in [1.807, 2.05) is 0 Å². The van der Waals surface area contributed by atoms with Crippen LogP contribution in [-0.2, 0) is 0 Å². The highest BCUT2D eigenvalue weighted by Gasteiger charge is 2.01. The molecule has 50 valence electrons. The number of aromatic amines is 1. The summed E-state index contributed by atoms with van der Waals surface area (Å²) in [5.74, 6) is 0.662. The minimum absolute atomic E-state index is 0.0577.